The minimum absolute atomic E-state index is 0.147. The molecule has 0 bridgehead atoms. The van der Waals surface area contributed by atoms with E-state index in [1.807, 2.05) is 36.4 Å². The summed E-state index contributed by atoms with van der Waals surface area (Å²) in [6, 6.07) is 14.6. The van der Waals surface area contributed by atoms with Gasteiger partial charge < -0.3 is 5.73 Å². The lowest BCUT2D eigenvalue weighted by Gasteiger charge is -2.14. The fraction of sp³-hybridized carbons (Fsp3) is 0. The molecule has 0 unspecified atom stereocenters. The molecule has 0 radical (unpaired) electrons. The third-order valence-electron chi connectivity index (χ3n) is 3.92. The molecule has 104 valence electrons. The minimum Gasteiger partial charge on any atom is -0.398 e. The summed E-state index contributed by atoms with van der Waals surface area (Å²) in [6.07, 6.45) is 0. The molecule has 4 aromatic rings. The molecule has 4 rings (SSSR count). The van der Waals surface area contributed by atoms with Crippen LogP contribution in [0.4, 0.5) is 5.69 Å². The van der Waals surface area contributed by atoms with Gasteiger partial charge in [0.1, 0.15) is 4.90 Å². The average molecular weight is 297 g/mol. The number of benzene rings is 4. The van der Waals surface area contributed by atoms with E-state index in [4.69, 9.17) is 5.73 Å². The normalized spacial score (nSPS) is 12.6. The third kappa shape index (κ3) is 1.62. The first-order valence-corrected chi connectivity index (χ1v) is 7.84. The molecule has 4 nitrogen and oxygen atoms in total. The van der Waals surface area contributed by atoms with Crippen molar-refractivity contribution in [3.05, 3.63) is 48.5 Å². The van der Waals surface area contributed by atoms with E-state index in [0.717, 1.165) is 26.9 Å². The molecule has 0 saturated heterocycles. The number of nitrogens with two attached hydrogens (primary N) is 1. The second-order valence-corrected chi connectivity index (χ2v) is 6.51. The second kappa shape index (κ2) is 3.84. The Morgan fingerprint density at radius 3 is 2.10 bits per heavy atom. The molecule has 0 amide bonds. The summed E-state index contributed by atoms with van der Waals surface area (Å²) in [4.78, 5) is -0.147. The van der Waals surface area contributed by atoms with Crippen LogP contribution >= 0.6 is 0 Å². The Morgan fingerprint density at radius 1 is 0.857 bits per heavy atom. The Balaban J connectivity index is 2.42. The fourth-order valence-electron chi connectivity index (χ4n) is 3.04. The number of anilines is 1. The summed E-state index contributed by atoms with van der Waals surface area (Å²) in [5.74, 6) is 0. The van der Waals surface area contributed by atoms with Crippen molar-refractivity contribution in [2.24, 2.45) is 0 Å². The highest BCUT2D eigenvalue weighted by atomic mass is 32.2. The van der Waals surface area contributed by atoms with Crippen LogP contribution in [-0.2, 0) is 10.1 Å². The van der Waals surface area contributed by atoms with Gasteiger partial charge in [-0.05, 0) is 22.2 Å². The molecule has 0 atom stereocenters. The molecule has 3 N–H and O–H groups in total. The topological polar surface area (TPSA) is 80.4 Å². The lowest BCUT2D eigenvalue weighted by Crippen LogP contribution is -2.02. The SMILES string of the molecule is Nc1cc(S(=O)(=O)O)c2ccc3cccc4ccc1c2c43. The van der Waals surface area contributed by atoms with E-state index >= 15 is 0 Å². The highest BCUT2D eigenvalue weighted by Crippen LogP contribution is 2.39. The smallest absolute Gasteiger partial charge is 0.295 e. The van der Waals surface area contributed by atoms with Crippen LogP contribution in [0, 0.1) is 0 Å². The predicted molar refractivity (Wildman–Crippen MR) is 84.4 cm³/mol. The van der Waals surface area contributed by atoms with Crippen molar-refractivity contribution in [2.45, 2.75) is 4.90 Å². The van der Waals surface area contributed by atoms with E-state index in [1.165, 1.54) is 6.07 Å². The van der Waals surface area contributed by atoms with E-state index in [0.29, 0.717) is 11.1 Å². The molecular weight excluding hydrogens is 286 g/mol. The van der Waals surface area contributed by atoms with Crippen LogP contribution in [0.25, 0.3) is 32.3 Å². The highest BCUT2D eigenvalue weighted by Gasteiger charge is 2.19. The Morgan fingerprint density at radius 2 is 1.48 bits per heavy atom. The molecule has 0 spiro atoms. The maximum absolute atomic E-state index is 11.6. The van der Waals surface area contributed by atoms with Gasteiger partial charge in [-0.1, -0.05) is 42.5 Å². The van der Waals surface area contributed by atoms with E-state index < -0.39 is 10.1 Å². The van der Waals surface area contributed by atoms with Crippen LogP contribution < -0.4 is 5.73 Å². The zero-order chi connectivity index (χ0) is 14.8. The number of hydrogen-bond acceptors (Lipinski definition) is 3. The first-order chi connectivity index (χ1) is 9.97. The van der Waals surface area contributed by atoms with Crippen molar-refractivity contribution in [2.75, 3.05) is 5.73 Å². The van der Waals surface area contributed by atoms with Crippen LogP contribution in [0.2, 0.25) is 0 Å². The molecular formula is C16H11NO3S. The average Bonchev–Trinajstić information content (AvgIpc) is 2.45. The van der Waals surface area contributed by atoms with Crippen LogP contribution in [0.15, 0.2) is 53.4 Å². The maximum atomic E-state index is 11.6. The van der Waals surface area contributed by atoms with Crippen molar-refractivity contribution in [1.82, 2.24) is 0 Å². The molecule has 0 aliphatic carbocycles. The van der Waals surface area contributed by atoms with Crippen molar-refractivity contribution >= 4 is 48.1 Å². The predicted octanol–water partition coefficient (Wildman–Crippen LogP) is 3.41. The van der Waals surface area contributed by atoms with E-state index in [1.54, 1.807) is 6.07 Å². The first-order valence-electron chi connectivity index (χ1n) is 6.40. The van der Waals surface area contributed by atoms with Crippen molar-refractivity contribution in [1.29, 1.82) is 0 Å². The lowest BCUT2D eigenvalue weighted by molar-refractivity contribution is 0.484. The van der Waals surface area contributed by atoms with Crippen molar-refractivity contribution in [3.8, 4) is 0 Å². The summed E-state index contributed by atoms with van der Waals surface area (Å²) in [7, 11) is -4.33. The summed E-state index contributed by atoms with van der Waals surface area (Å²) >= 11 is 0. The van der Waals surface area contributed by atoms with Crippen LogP contribution in [0.3, 0.4) is 0 Å². The van der Waals surface area contributed by atoms with E-state index in [9.17, 15) is 13.0 Å². The minimum atomic E-state index is -4.33. The Kier molecular flexibility index (Phi) is 2.26. The summed E-state index contributed by atoms with van der Waals surface area (Å²) in [5.41, 5.74) is 6.33. The molecule has 0 aliphatic heterocycles. The van der Waals surface area contributed by atoms with Gasteiger partial charge >= 0.3 is 0 Å². The molecule has 0 aliphatic rings. The van der Waals surface area contributed by atoms with Crippen LogP contribution in [0.5, 0.6) is 0 Å². The summed E-state index contributed by atoms with van der Waals surface area (Å²) in [5, 5.41) is 5.05. The molecule has 0 aromatic heterocycles. The van der Waals surface area contributed by atoms with Gasteiger partial charge in [0.05, 0.1) is 0 Å². The van der Waals surface area contributed by atoms with Crippen LogP contribution in [0.1, 0.15) is 0 Å². The summed E-state index contributed by atoms with van der Waals surface area (Å²) < 4.78 is 32.7. The zero-order valence-electron chi connectivity index (χ0n) is 10.9. The molecule has 4 aromatic carbocycles. The maximum Gasteiger partial charge on any atom is 0.295 e. The van der Waals surface area contributed by atoms with E-state index in [-0.39, 0.29) is 4.90 Å². The Hall–Kier alpha value is -2.37. The van der Waals surface area contributed by atoms with Gasteiger partial charge in [-0.2, -0.15) is 8.42 Å². The van der Waals surface area contributed by atoms with Crippen LogP contribution in [-0.4, -0.2) is 13.0 Å². The van der Waals surface area contributed by atoms with Gasteiger partial charge in [-0.15, -0.1) is 0 Å². The largest absolute Gasteiger partial charge is 0.398 e. The molecule has 21 heavy (non-hydrogen) atoms. The van der Waals surface area contributed by atoms with Gasteiger partial charge in [-0.25, -0.2) is 0 Å². The monoisotopic (exact) mass is 297 g/mol. The van der Waals surface area contributed by atoms with Gasteiger partial charge in [0, 0.05) is 21.8 Å². The number of hydrogen-bond donors (Lipinski definition) is 2. The fourth-order valence-corrected chi connectivity index (χ4v) is 3.76. The van der Waals surface area contributed by atoms with Crippen molar-refractivity contribution in [3.63, 3.8) is 0 Å². The molecule has 0 fully saturated rings. The summed E-state index contributed by atoms with van der Waals surface area (Å²) in [6.45, 7) is 0. The van der Waals surface area contributed by atoms with Crippen molar-refractivity contribution < 1.29 is 13.0 Å². The molecule has 0 heterocycles. The second-order valence-electron chi connectivity index (χ2n) is 5.12. The quantitative estimate of drug-likeness (QED) is 0.320. The lowest BCUT2D eigenvalue weighted by atomic mass is 9.93. The first kappa shape index (κ1) is 12.4. The van der Waals surface area contributed by atoms with Gasteiger partial charge in [0.2, 0.25) is 0 Å². The Labute approximate surface area is 120 Å². The van der Waals surface area contributed by atoms with Gasteiger partial charge in [-0.3, -0.25) is 4.55 Å². The zero-order valence-corrected chi connectivity index (χ0v) is 11.7. The standard InChI is InChI=1S/C16H11NO3S/c17-13-8-14(21(18,19)20)12-7-5-10-3-1-2-9-4-6-11(13)16(12)15(9)10/h1-8H,17H2,(H,18,19,20). The molecule has 0 saturated carbocycles. The van der Waals surface area contributed by atoms with Gasteiger partial charge in [0.15, 0.2) is 0 Å². The van der Waals surface area contributed by atoms with E-state index in [2.05, 4.69) is 0 Å². The number of rotatable bonds is 1. The Bertz CT molecular complexity index is 1100. The number of nitrogen functional groups attached to an aromatic ring is 1. The highest BCUT2D eigenvalue weighted by molar-refractivity contribution is 7.86. The third-order valence-corrected chi connectivity index (χ3v) is 4.81. The molecule has 5 heteroatoms. The van der Waals surface area contributed by atoms with Gasteiger partial charge in [0.25, 0.3) is 10.1 Å².